The Balaban J connectivity index is 1.51. The van der Waals surface area contributed by atoms with Crippen LogP contribution in [0.2, 0.25) is 0 Å². The van der Waals surface area contributed by atoms with Crippen molar-refractivity contribution in [2.24, 2.45) is 0 Å². The standard InChI is InChI=1S/C13H12BrN3O2S/c14-9-2-1-3-10(6-9)15-11(18)7-20-13-17-16-12(19-13)8-4-5-8/h1-3,6,8H,4-5,7H2,(H,15,18). The molecule has 0 spiro atoms. The Morgan fingerprint density at radius 2 is 2.30 bits per heavy atom. The highest BCUT2D eigenvalue weighted by atomic mass is 79.9. The molecule has 0 atom stereocenters. The van der Waals surface area contributed by atoms with Crippen LogP contribution in [0.25, 0.3) is 0 Å². The van der Waals surface area contributed by atoms with E-state index in [1.54, 1.807) is 0 Å². The average Bonchev–Trinajstić information content (AvgIpc) is 3.16. The van der Waals surface area contributed by atoms with Crippen LogP contribution in [0.15, 0.2) is 38.4 Å². The molecule has 7 heteroatoms. The summed E-state index contributed by atoms with van der Waals surface area (Å²) in [6.45, 7) is 0. The molecule has 1 heterocycles. The van der Waals surface area contributed by atoms with Gasteiger partial charge in [0.2, 0.25) is 11.8 Å². The molecule has 0 unspecified atom stereocenters. The van der Waals surface area contributed by atoms with Crippen LogP contribution in [-0.4, -0.2) is 21.9 Å². The predicted molar refractivity (Wildman–Crippen MR) is 79.8 cm³/mol. The zero-order chi connectivity index (χ0) is 13.9. The van der Waals surface area contributed by atoms with Gasteiger partial charge in [0.25, 0.3) is 5.22 Å². The third kappa shape index (κ3) is 3.61. The minimum absolute atomic E-state index is 0.0979. The van der Waals surface area contributed by atoms with Gasteiger partial charge in [-0.3, -0.25) is 4.79 Å². The van der Waals surface area contributed by atoms with Crippen molar-refractivity contribution in [3.05, 3.63) is 34.6 Å². The number of carbonyl (C=O) groups excluding carboxylic acids is 1. The first-order valence-electron chi connectivity index (χ1n) is 6.22. The molecule has 20 heavy (non-hydrogen) atoms. The summed E-state index contributed by atoms with van der Waals surface area (Å²) < 4.78 is 6.41. The fraction of sp³-hybridized carbons (Fsp3) is 0.308. The highest BCUT2D eigenvalue weighted by molar-refractivity contribution is 9.10. The van der Waals surface area contributed by atoms with Crippen LogP contribution < -0.4 is 5.32 Å². The molecule has 1 aromatic heterocycles. The lowest BCUT2D eigenvalue weighted by Gasteiger charge is -2.03. The van der Waals surface area contributed by atoms with E-state index in [1.165, 1.54) is 11.8 Å². The maximum Gasteiger partial charge on any atom is 0.277 e. The summed E-state index contributed by atoms with van der Waals surface area (Å²) in [6.07, 6.45) is 2.24. The number of amides is 1. The minimum Gasteiger partial charge on any atom is -0.416 e. The van der Waals surface area contributed by atoms with Crippen molar-refractivity contribution < 1.29 is 9.21 Å². The molecule has 1 aromatic carbocycles. The fourth-order valence-electron chi connectivity index (χ4n) is 1.66. The van der Waals surface area contributed by atoms with Gasteiger partial charge in [-0.15, -0.1) is 10.2 Å². The van der Waals surface area contributed by atoms with E-state index < -0.39 is 0 Å². The van der Waals surface area contributed by atoms with E-state index in [0.29, 0.717) is 17.0 Å². The lowest BCUT2D eigenvalue weighted by Crippen LogP contribution is -2.13. The van der Waals surface area contributed by atoms with Gasteiger partial charge in [-0.25, -0.2) is 0 Å². The Morgan fingerprint density at radius 3 is 3.05 bits per heavy atom. The summed E-state index contributed by atoms with van der Waals surface area (Å²) in [5.41, 5.74) is 0.758. The van der Waals surface area contributed by atoms with Crippen molar-refractivity contribution in [2.75, 3.05) is 11.1 Å². The van der Waals surface area contributed by atoms with Crippen molar-refractivity contribution in [3.63, 3.8) is 0 Å². The maximum atomic E-state index is 11.8. The molecule has 1 amide bonds. The van der Waals surface area contributed by atoms with Gasteiger partial charge in [0.05, 0.1) is 5.75 Å². The van der Waals surface area contributed by atoms with E-state index in [0.717, 1.165) is 23.0 Å². The van der Waals surface area contributed by atoms with Crippen LogP contribution in [0.5, 0.6) is 0 Å². The zero-order valence-corrected chi connectivity index (χ0v) is 12.9. The highest BCUT2D eigenvalue weighted by Crippen LogP contribution is 2.39. The number of halogens is 1. The van der Waals surface area contributed by atoms with Crippen LogP contribution >= 0.6 is 27.7 Å². The van der Waals surface area contributed by atoms with Gasteiger partial charge in [0.15, 0.2) is 0 Å². The van der Waals surface area contributed by atoms with Gasteiger partial charge in [-0.1, -0.05) is 33.8 Å². The second-order valence-corrected chi connectivity index (χ2v) is 6.37. The van der Waals surface area contributed by atoms with E-state index in [1.807, 2.05) is 24.3 Å². The summed E-state index contributed by atoms with van der Waals surface area (Å²) in [7, 11) is 0. The Labute approximate surface area is 128 Å². The van der Waals surface area contributed by atoms with Gasteiger partial charge < -0.3 is 9.73 Å². The van der Waals surface area contributed by atoms with Crippen molar-refractivity contribution >= 4 is 39.3 Å². The fourth-order valence-corrected chi connectivity index (χ4v) is 2.63. The SMILES string of the molecule is O=C(CSc1nnc(C2CC2)o1)Nc1cccc(Br)c1. The summed E-state index contributed by atoms with van der Waals surface area (Å²) in [5, 5.41) is 11.2. The summed E-state index contributed by atoms with van der Waals surface area (Å²) in [4.78, 5) is 11.8. The number of carbonyl (C=O) groups is 1. The van der Waals surface area contributed by atoms with Crippen LogP contribution in [0.4, 0.5) is 5.69 Å². The topological polar surface area (TPSA) is 68.0 Å². The van der Waals surface area contributed by atoms with E-state index in [2.05, 4.69) is 31.4 Å². The first-order chi connectivity index (χ1) is 9.70. The van der Waals surface area contributed by atoms with Gasteiger partial charge in [0.1, 0.15) is 0 Å². The molecule has 5 nitrogen and oxygen atoms in total. The lowest BCUT2D eigenvalue weighted by molar-refractivity contribution is -0.113. The zero-order valence-electron chi connectivity index (χ0n) is 10.5. The first kappa shape index (κ1) is 13.6. The molecule has 2 aromatic rings. The molecule has 1 saturated carbocycles. The van der Waals surface area contributed by atoms with Gasteiger partial charge in [-0.05, 0) is 31.0 Å². The maximum absolute atomic E-state index is 11.8. The molecule has 0 saturated heterocycles. The number of hydrogen-bond donors (Lipinski definition) is 1. The van der Waals surface area contributed by atoms with Crippen molar-refractivity contribution in [1.29, 1.82) is 0 Å². The second kappa shape index (κ2) is 5.97. The molecule has 104 valence electrons. The molecule has 0 radical (unpaired) electrons. The third-order valence-electron chi connectivity index (χ3n) is 2.78. The number of aromatic nitrogens is 2. The molecule has 3 rings (SSSR count). The number of nitrogens with zero attached hydrogens (tertiary/aromatic N) is 2. The smallest absolute Gasteiger partial charge is 0.277 e. The van der Waals surface area contributed by atoms with Gasteiger partial charge in [0, 0.05) is 16.1 Å². The van der Waals surface area contributed by atoms with E-state index in [9.17, 15) is 4.79 Å². The van der Waals surface area contributed by atoms with E-state index >= 15 is 0 Å². The summed E-state index contributed by atoms with van der Waals surface area (Å²) in [6, 6.07) is 7.46. The van der Waals surface area contributed by atoms with Crippen molar-refractivity contribution in [3.8, 4) is 0 Å². The minimum atomic E-state index is -0.0979. The van der Waals surface area contributed by atoms with E-state index in [4.69, 9.17) is 4.42 Å². The molecule has 1 N–H and O–H groups in total. The van der Waals surface area contributed by atoms with E-state index in [-0.39, 0.29) is 11.7 Å². The monoisotopic (exact) mass is 353 g/mol. The number of benzene rings is 1. The molecule has 0 aliphatic heterocycles. The second-order valence-electron chi connectivity index (χ2n) is 4.53. The van der Waals surface area contributed by atoms with Crippen LogP contribution in [0, 0.1) is 0 Å². The van der Waals surface area contributed by atoms with Gasteiger partial charge >= 0.3 is 0 Å². The molecular weight excluding hydrogens is 342 g/mol. The highest BCUT2D eigenvalue weighted by Gasteiger charge is 2.29. The predicted octanol–water partition coefficient (Wildman–Crippen LogP) is 3.44. The van der Waals surface area contributed by atoms with Crippen LogP contribution in [0.3, 0.4) is 0 Å². The quantitative estimate of drug-likeness (QED) is 0.833. The number of rotatable bonds is 5. The average molecular weight is 354 g/mol. The Bertz CT molecular complexity index is 628. The molecule has 1 aliphatic rings. The Kier molecular flexibility index (Phi) is 4.07. The van der Waals surface area contributed by atoms with Crippen molar-refractivity contribution in [1.82, 2.24) is 10.2 Å². The summed E-state index contributed by atoms with van der Waals surface area (Å²) >= 11 is 4.61. The van der Waals surface area contributed by atoms with Crippen molar-refractivity contribution in [2.45, 2.75) is 24.0 Å². The number of hydrogen-bond acceptors (Lipinski definition) is 5. The normalized spacial score (nSPS) is 14.2. The van der Waals surface area contributed by atoms with Gasteiger partial charge in [-0.2, -0.15) is 0 Å². The largest absolute Gasteiger partial charge is 0.416 e. The number of nitrogens with one attached hydrogen (secondary N) is 1. The molecule has 0 bridgehead atoms. The van der Waals surface area contributed by atoms with Crippen LogP contribution in [0.1, 0.15) is 24.7 Å². The first-order valence-corrected chi connectivity index (χ1v) is 8.00. The lowest BCUT2D eigenvalue weighted by atomic mass is 10.3. The number of anilines is 1. The van der Waals surface area contributed by atoms with Crippen LogP contribution in [-0.2, 0) is 4.79 Å². The Hall–Kier alpha value is -1.34. The molecular formula is C13H12BrN3O2S. The Morgan fingerprint density at radius 1 is 1.45 bits per heavy atom. The third-order valence-corrected chi connectivity index (χ3v) is 4.10. The number of thioether (sulfide) groups is 1. The molecule has 1 aliphatic carbocycles. The summed E-state index contributed by atoms with van der Waals surface area (Å²) in [5.74, 6) is 1.28. The molecule has 1 fully saturated rings.